The second-order valence-electron chi connectivity index (χ2n) is 7.15. The Labute approximate surface area is 150 Å². The molecule has 3 nitrogen and oxygen atoms in total. The zero-order chi connectivity index (χ0) is 18.1. The van der Waals surface area contributed by atoms with Crippen LogP contribution in [0.15, 0.2) is 42.5 Å². The lowest BCUT2D eigenvalue weighted by Gasteiger charge is -2.45. The lowest BCUT2D eigenvalue weighted by Crippen LogP contribution is -2.46. The molecule has 25 heavy (non-hydrogen) atoms. The number of benzene rings is 2. The molecule has 0 saturated carbocycles. The summed E-state index contributed by atoms with van der Waals surface area (Å²) < 4.78 is 10.7. The maximum Gasteiger partial charge on any atom is 0.119 e. The van der Waals surface area contributed by atoms with Crippen molar-refractivity contribution < 1.29 is 14.6 Å². The van der Waals surface area contributed by atoms with E-state index in [9.17, 15) is 5.11 Å². The van der Waals surface area contributed by atoms with Crippen molar-refractivity contribution in [1.29, 1.82) is 0 Å². The summed E-state index contributed by atoms with van der Waals surface area (Å²) in [5.41, 5.74) is 2.11. The first-order valence-electron chi connectivity index (χ1n) is 9.03. The van der Waals surface area contributed by atoms with E-state index >= 15 is 0 Å². The first kappa shape index (κ1) is 17.8. The molecule has 0 saturated heterocycles. The smallest absolute Gasteiger partial charge is 0.119 e. The molecule has 2 aromatic carbocycles. The molecule has 2 unspecified atom stereocenters. The molecular weight excluding hydrogens is 312 g/mol. The average molecular weight is 340 g/mol. The van der Waals surface area contributed by atoms with Gasteiger partial charge in [-0.2, -0.15) is 0 Å². The molecule has 0 radical (unpaired) electrons. The highest BCUT2D eigenvalue weighted by Crippen LogP contribution is 2.51. The zero-order valence-corrected chi connectivity index (χ0v) is 15.6. The summed E-state index contributed by atoms with van der Waals surface area (Å²) in [6, 6.07) is 14.2. The number of rotatable bonds is 4. The zero-order valence-electron chi connectivity index (χ0n) is 15.6. The minimum absolute atomic E-state index is 0.353. The standard InChI is InChI=1S/C22H28O3/c1-5-22(23)20-13-12-19(25-4)15-16(20)7-6-14-21(22,2)17-8-10-18(24-3)11-9-17/h8-13,15,23H,5-7,14H2,1-4H3. The van der Waals surface area contributed by atoms with Crippen LogP contribution in [0.4, 0.5) is 0 Å². The normalized spacial score (nSPS) is 25.8. The highest BCUT2D eigenvalue weighted by molar-refractivity contribution is 5.45. The van der Waals surface area contributed by atoms with Crippen molar-refractivity contribution in [2.24, 2.45) is 0 Å². The lowest BCUT2D eigenvalue weighted by atomic mass is 9.63. The number of ether oxygens (including phenoxy) is 2. The van der Waals surface area contributed by atoms with E-state index < -0.39 is 5.60 Å². The molecule has 1 N–H and O–H groups in total. The van der Waals surface area contributed by atoms with E-state index in [2.05, 4.69) is 32.0 Å². The molecule has 3 heteroatoms. The minimum Gasteiger partial charge on any atom is -0.497 e. The molecule has 0 fully saturated rings. The molecule has 0 aromatic heterocycles. The second-order valence-corrected chi connectivity index (χ2v) is 7.15. The van der Waals surface area contributed by atoms with Gasteiger partial charge in [0.1, 0.15) is 11.5 Å². The Morgan fingerprint density at radius 3 is 2.24 bits per heavy atom. The number of fused-ring (bicyclic) bond motifs is 1. The second kappa shape index (κ2) is 6.72. The Hall–Kier alpha value is -2.00. The molecule has 134 valence electrons. The van der Waals surface area contributed by atoms with Gasteiger partial charge in [0.2, 0.25) is 0 Å². The van der Waals surface area contributed by atoms with E-state index in [0.29, 0.717) is 6.42 Å². The average Bonchev–Trinajstić information content (AvgIpc) is 2.77. The maximum absolute atomic E-state index is 11.9. The van der Waals surface area contributed by atoms with Crippen LogP contribution in [0.1, 0.15) is 49.8 Å². The summed E-state index contributed by atoms with van der Waals surface area (Å²) in [6.45, 7) is 4.26. The number of aryl methyl sites for hydroxylation is 1. The van der Waals surface area contributed by atoms with Gasteiger partial charge >= 0.3 is 0 Å². The number of hydrogen-bond donors (Lipinski definition) is 1. The molecule has 0 heterocycles. The number of aliphatic hydroxyl groups is 1. The highest BCUT2D eigenvalue weighted by Gasteiger charge is 2.49. The molecule has 2 atom stereocenters. The van der Waals surface area contributed by atoms with Crippen LogP contribution in [0.3, 0.4) is 0 Å². The largest absolute Gasteiger partial charge is 0.497 e. The Balaban J connectivity index is 2.14. The van der Waals surface area contributed by atoms with Gasteiger partial charge in [-0.3, -0.25) is 0 Å². The van der Waals surface area contributed by atoms with Gasteiger partial charge in [-0.1, -0.05) is 32.0 Å². The van der Waals surface area contributed by atoms with Gasteiger partial charge in [0.05, 0.1) is 19.8 Å². The first-order valence-corrected chi connectivity index (χ1v) is 9.03. The van der Waals surface area contributed by atoms with Crippen molar-refractivity contribution in [3.63, 3.8) is 0 Å². The third-order valence-electron chi connectivity index (χ3n) is 6.03. The minimum atomic E-state index is -0.917. The van der Waals surface area contributed by atoms with Crippen LogP contribution in [-0.4, -0.2) is 19.3 Å². The fourth-order valence-electron chi connectivity index (χ4n) is 4.37. The Bertz CT molecular complexity index is 737. The third kappa shape index (κ3) is 2.81. The van der Waals surface area contributed by atoms with Gasteiger partial charge < -0.3 is 14.6 Å². The van der Waals surface area contributed by atoms with Crippen molar-refractivity contribution in [3.8, 4) is 11.5 Å². The first-order chi connectivity index (χ1) is 12.0. The number of hydrogen-bond acceptors (Lipinski definition) is 3. The summed E-state index contributed by atoms with van der Waals surface area (Å²) >= 11 is 0. The van der Waals surface area contributed by atoms with Gasteiger partial charge in [-0.15, -0.1) is 0 Å². The van der Waals surface area contributed by atoms with Crippen molar-refractivity contribution in [3.05, 3.63) is 59.2 Å². The molecule has 0 aliphatic heterocycles. The SMILES string of the molecule is CCC1(O)c2ccc(OC)cc2CCCC1(C)c1ccc(OC)cc1. The van der Waals surface area contributed by atoms with E-state index in [4.69, 9.17) is 9.47 Å². The lowest BCUT2D eigenvalue weighted by molar-refractivity contribution is -0.0454. The molecule has 1 aliphatic carbocycles. The van der Waals surface area contributed by atoms with E-state index in [1.54, 1.807) is 14.2 Å². The highest BCUT2D eigenvalue weighted by atomic mass is 16.5. The van der Waals surface area contributed by atoms with Gasteiger partial charge in [0.15, 0.2) is 0 Å². The van der Waals surface area contributed by atoms with E-state index in [1.165, 1.54) is 5.56 Å². The fourth-order valence-corrected chi connectivity index (χ4v) is 4.37. The predicted octanol–water partition coefficient (Wildman–Crippen LogP) is 4.60. The maximum atomic E-state index is 11.9. The summed E-state index contributed by atoms with van der Waals surface area (Å²) in [7, 11) is 3.36. The van der Waals surface area contributed by atoms with Crippen molar-refractivity contribution in [2.45, 2.75) is 50.5 Å². The quantitative estimate of drug-likeness (QED) is 0.827. The Kier molecular flexibility index (Phi) is 4.79. The molecule has 0 bridgehead atoms. The van der Waals surface area contributed by atoms with Crippen LogP contribution in [0.5, 0.6) is 11.5 Å². The van der Waals surface area contributed by atoms with E-state index in [0.717, 1.165) is 41.9 Å². The summed E-state index contributed by atoms with van der Waals surface area (Å²) in [5, 5.41) is 11.9. The summed E-state index contributed by atoms with van der Waals surface area (Å²) in [4.78, 5) is 0. The van der Waals surface area contributed by atoms with Crippen molar-refractivity contribution >= 4 is 0 Å². The molecule has 2 aromatic rings. The van der Waals surface area contributed by atoms with Gasteiger partial charge in [-0.25, -0.2) is 0 Å². The molecule has 0 spiro atoms. The fraction of sp³-hybridized carbons (Fsp3) is 0.455. The molecular formula is C22H28O3. The van der Waals surface area contributed by atoms with E-state index in [-0.39, 0.29) is 5.41 Å². The molecule has 0 amide bonds. The van der Waals surface area contributed by atoms with Crippen LogP contribution >= 0.6 is 0 Å². The van der Waals surface area contributed by atoms with Gasteiger partial charge in [0.25, 0.3) is 0 Å². The summed E-state index contributed by atoms with van der Waals surface area (Å²) in [6.07, 6.45) is 3.58. The van der Waals surface area contributed by atoms with Crippen LogP contribution in [-0.2, 0) is 17.4 Å². The monoisotopic (exact) mass is 340 g/mol. The van der Waals surface area contributed by atoms with E-state index in [1.807, 2.05) is 24.3 Å². The third-order valence-corrected chi connectivity index (χ3v) is 6.03. The molecule has 3 rings (SSSR count). The van der Waals surface area contributed by atoms with Gasteiger partial charge in [-0.05, 0) is 66.6 Å². The Morgan fingerprint density at radius 2 is 1.64 bits per heavy atom. The Morgan fingerprint density at radius 1 is 1.00 bits per heavy atom. The van der Waals surface area contributed by atoms with Crippen molar-refractivity contribution in [1.82, 2.24) is 0 Å². The molecule has 1 aliphatic rings. The van der Waals surface area contributed by atoms with Crippen LogP contribution < -0.4 is 9.47 Å². The summed E-state index contributed by atoms with van der Waals surface area (Å²) in [5.74, 6) is 1.69. The van der Waals surface area contributed by atoms with Crippen LogP contribution in [0.25, 0.3) is 0 Å². The van der Waals surface area contributed by atoms with Crippen LogP contribution in [0.2, 0.25) is 0 Å². The topological polar surface area (TPSA) is 38.7 Å². The van der Waals surface area contributed by atoms with Gasteiger partial charge in [0, 0.05) is 5.41 Å². The predicted molar refractivity (Wildman–Crippen MR) is 100 cm³/mol. The number of methoxy groups -OCH3 is 2. The van der Waals surface area contributed by atoms with Crippen molar-refractivity contribution in [2.75, 3.05) is 14.2 Å². The van der Waals surface area contributed by atoms with Crippen LogP contribution in [0, 0.1) is 0 Å².